The number of nitrogens with zero attached hydrogens (tertiary/aromatic N) is 3. The summed E-state index contributed by atoms with van der Waals surface area (Å²) in [5.41, 5.74) is -0.618. The van der Waals surface area contributed by atoms with E-state index >= 15 is 0 Å². The van der Waals surface area contributed by atoms with E-state index in [9.17, 15) is 22.8 Å². The zero-order valence-corrected chi connectivity index (χ0v) is 18.6. The maximum Gasteiger partial charge on any atom is 0.420 e. The molecule has 1 aliphatic rings. The van der Waals surface area contributed by atoms with Gasteiger partial charge in [0.1, 0.15) is 5.15 Å². The minimum Gasteiger partial charge on any atom is -0.472 e. The molecule has 3 aromatic heterocycles. The number of rotatable bonds is 4. The van der Waals surface area contributed by atoms with Gasteiger partial charge in [-0.3, -0.25) is 9.20 Å². The lowest BCUT2D eigenvalue weighted by Crippen LogP contribution is -2.61. The number of hydrogen-bond acceptors (Lipinski definition) is 4. The van der Waals surface area contributed by atoms with Gasteiger partial charge in [-0.25, -0.2) is 9.78 Å². The van der Waals surface area contributed by atoms with Crippen LogP contribution in [0.4, 0.5) is 23.7 Å². The van der Waals surface area contributed by atoms with Crippen LogP contribution in [0.25, 0.3) is 16.8 Å². The molecular formula is C23H17ClF3N5O3. The first-order valence-corrected chi connectivity index (χ1v) is 10.8. The molecule has 2 N–H and O–H groups in total. The Bertz CT molecular complexity index is 1400. The van der Waals surface area contributed by atoms with Crippen molar-refractivity contribution in [3.05, 3.63) is 77.6 Å². The highest BCUT2D eigenvalue weighted by molar-refractivity contribution is 6.33. The summed E-state index contributed by atoms with van der Waals surface area (Å²) in [5.74, 6) is -0.732. The fourth-order valence-corrected chi connectivity index (χ4v) is 4.03. The van der Waals surface area contributed by atoms with Crippen LogP contribution in [0.5, 0.6) is 0 Å². The van der Waals surface area contributed by atoms with E-state index in [1.54, 1.807) is 24.3 Å². The van der Waals surface area contributed by atoms with E-state index in [2.05, 4.69) is 15.6 Å². The second-order valence-electron chi connectivity index (χ2n) is 7.97. The van der Waals surface area contributed by atoms with Gasteiger partial charge in [-0.1, -0.05) is 29.8 Å². The third-order valence-corrected chi connectivity index (χ3v) is 5.93. The first kappa shape index (κ1) is 22.8. The Labute approximate surface area is 201 Å². The minimum atomic E-state index is -4.73. The number of carbonyl (C=O) groups excluding carboxylic acids is 2. The molecule has 0 radical (unpaired) electrons. The van der Waals surface area contributed by atoms with Crippen LogP contribution < -0.4 is 10.6 Å². The van der Waals surface area contributed by atoms with Gasteiger partial charge in [0.2, 0.25) is 0 Å². The normalized spacial score (nSPS) is 14.1. The number of aromatic nitrogens is 2. The van der Waals surface area contributed by atoms with Crippen molar-refractivity contribution in [2.75, 3.05) is 18.4 Å². The van der Waals surface area contributed by atoms with Crippen molar-refractivity contribution in [3.8, 4) is 11.1 Å². The van der Waals surface area contributed by atoms with Gasteiger partial charge in [0, 0.05) is 36.1 Å². The van der Waals surface area contributed by atoms with Crippen molar-refractivity contribution < 1.29 is 27.2 Å². The van der Waals surface area contributed by atoms with Gasteiger partial charge < -0.3 is 20.0 Å². The quantitative estimate of drug-likeness (QED) is 0.414. The Morgan fingerprint density at radius 2 is 1.86 bits per heavy atom. The molecule has 180 valence electrons. The SMILES string of the molecule is O=C(NC1CN(C(=O)Nc2ccccc2)C1)c1nc2c(C(F)(F)F)cc(-c3ccoc3)cn2c1Cl. The van der Waals surface area contributed by atoms with Crippen LogP contribution in [0.2, 0.25) is 5.15 Å². The number of furan rings is 1. The second kappa shape index (κ2) is 8.66. The van der Waals surface area contributed by atoms with E-state index in [1.165, 1.54) is 29.7 Å². The van der Waals surface area contributed by atoms with Crippen LogP contribution in [0.15, 0.2) is 65.6 Å². The van der Waals surface area contributed by atoms with Crippen LogP contribution in [-0.2, 0) is 6.18 Å². The molecule has 5 rings (SSSR count). The molecular weight excluding hydrogens is 487 g/mol. The summed E-state index contributed by atoms with van der Waals surface area (Å²) in [5, 5.41) is 5.15. The van der Waals surface area contributed by atoms with Crippen molar-refractivity contribution in [1.29, 1.82) is 0 Å². The van der Waals surface area contributed by atoms with Gasteiger partial charge in [-0.2, -0.15) is 13.2 Å². The van der Waals surface area contributed by atoms with Crippen LogP contribution in [0.3, 0.4) is 0 Å². The Hall–Kier alpha value is -3.99. The second-order valence-corrected chi connectivity index (χ2v) is 8.33. The molecule has 8 nitrogen and oxygen atoms in total. The molecule has 1 aromatic carbocycles. The summed E-state index contributed by atoms with van der Waals surface area (Å²) < 4.78 is 47.3. The highest BCUT2D eigenvalue weighted by Crippen LogP contribution is 2.37. The van der Waals surface area contributed by atoms with Crippen molar-refractivity contribution >= 4 is 34.9 Å². The molecule has 0 spiro atoms. The van der Waals surface area contributed by atoms with Gasteiger partial charge in [-0.15, -0.1) is 0 Å². The van der Waals surface area contributed by atoms with E-state index < -0.39 is 29.3 Å². The first-order chi connectivity index (χ1) is 16.7. The van der Waals surface area contributed by atoms with Crippen molar-refractivity contribution in [3.63, 3.8) is 0 Å². The van der Waals surface area contributed by atoms with Crippen LogP contribution >= 0.6 is 11.6 Å². The molecule has 1 fully saturated rings. The summed E-state index contributed by atoms with van der Waals surface area (Å²) in [6.45, 7) is 0.460. The number of pyridine rings is 1. The number of imidazole rings is 1. The van der Waals surface area contributed by atoms with Gasteiger partial charge in [-0.05, 0) is 24.3 Å². The standard InChI is InChI=1S/C23H17ClF3N5O3/c24-19-18(21(33)28-16-10-31(11-16)22(34)29-15-4-2-1-3-5-15)30-20-17(23(25,26)27)8-14(9-32(19)20)13-6-7-35-12-13/h1-9,12,16H,10-11H2,(H,28,33)(H,29,34). The van der Waals surface area contributed by atoms with Gasteiger partial charge in [0.05, 0.1) is 24.1 Å². The van der Waals surface area contributed by atoms with E-state index in [1.807, 2.05) is 6.07 Å². The lowest BCUT2D eigenvalue weighted by molar-refractivity contribution is -0.136. The van der Waals surface area contributed by atoms with E-state index in [0.29, 0.717) is 11.3 Å². The summed E-state index contributed by atoms with van der Waals surface area (Å²) in [6.07, 6.45) is -0.732. The average Bonchev–Trinajstić information content (AvgIpc) is 3.44. The smallest absolute Gasteiger partial charge is 0.420 e. The number of carbonyl (C=O) groups is 2. The number of hydrogen-bond donors (Lipinski definition) is 2. The molecule has 0 unspecified atom stereocenters. The third kappa shape index (κ3) is 4.42. The average molecular weight is 504 g/mol. The van der Waals surface area contributed by atoms with Crippen molar-refractivity contribution in [2.24, 2.45) is 0 Å². The highest BCUT2D eigenvalue weighted by atomic mass is 35.5. The lowest BCUT2D eigenvalue weighted by atomic mass is 10.1. The zero-order valence-electron chi connectivity index (χ0n) is 17.8. The van der Waals surface area contributed by atoms with Crippen LogP contribution in [0.1, 0.15) is 16.1 Å². The Kier molecular flexibility index (Phi) is 5.64. The number of amides is 3. The molecule has 1 saturated heterocycles. The number of fused-ring (bicyclic) bond motifs is 1. The Morgan fingerprint density at radius 3 is 2.51 bits per heavy atom. The fourth-order valence-electron chi connectivity index (χ4n) is 3.77. The van der Waals surface area contributed by atoms with Gasteiger partial charge >= 0.3 is 12.2 Å². The molecule has 4 aromatic rings. The molecule has 12 heteroatoms. The zero-order chi connectivity index (χ0) is 24.7. The van der Waals surface area contributed by atoms with Crippen LogP contribution in [0, 0.1) is 0 Å². The van der Waals surface area contributed by atoms with E-state index in [0.717, 1.165) is 10.5 Å². The first-order valence-electron chi connectivity index (χ1n) is 10.4. The van der Waals surface area contributed by atoms with Crippen molar-refractivity contribution in [1.82, 2.24) is 19.6 Å². The minimum absolute atomic E-state index is 0.198. The predicted molar refractivity (Wildman–Crippen MR) is 121 cm³/mol. The molecule has 0 bridgehead atoms. The Balaban J connectivity index is 1.33. The summed E-state index contributed by atoms with van der Waals surface area (Å²) in [7, 11) is 0. The summed E-state index contributed by atoms with van der Waals surface area (Å²) in [6, 6.07) is 10.6. The van der Waals surface area contributed by atoms with Crippen LogP contribution in [-0.4, -0.2) is 45.4 Å². The maximum atomic E-state index is 13.8. The maximum absolute atomic E-state index is 13.8. The number of alkyl halides is 3. The topological polar surface area (TPSA) is 91.9 Å². The van der Waals surface area contributed by atoms with E-state index in [-0.39, 0.29) is 35.5 Å². The molecule has 0 saturated carbocycles. The predicted octanol–water partition coefficient (Wildman–Crippen LogP) is 4.91. The highest BCUT2D eigenvalue weighted by Gasteiger charge is 2.37. The number of likely N-dealkylation sites (tertiary alicyclic amines) is 1. The number of urea groups is 1. The van der Waals surface area contributed by atoms with E-state index in [4.69, 9.17) is 16.0 Å². The Morgan fingerprint density at radius 1 is 1.11 bits per heavy atom. The molecule has 0 atom stereocenters. The van der Waals surface area contributed by atoms with Gasteiger partial charge in [0.25, 0.3) is 5.91 Å². The molecule has 3 amide bonds. The molecule has 0 aliphatic carbocycles. The molecule has 1 aliphatic heterocycles. The fraction of sp³-hybridized carbons (Fsp3) is 0.174. The molecule has 35 heavy (non-hydrogen) atoms. The van der Waals surface area contributed by atoms with Gasteiger partial charge in [0.15, 0.2) is 11.3 Å². The number of para-hydroxylation sites is 1. The number of benzene rings is 1. The summed E-state index contributed by atoms with van der Waals surface area (Å²) >= 11 is 6.30. The monoisotopic (exact) mass is 503 g/mol. The largest absolute Gasteiger partial charge is 0.472 e. The lowest BCUT2D eigenvalue weighted by Gasteiger charge is -2.39. The number of anilines is 1. The number of halogens is 4. The number of nitrogens with one attached hydrogen (secondary N) is 2. The van der Waals surface area contributed by atoms with Crippen molar-refractivity contribution in [2.45, 2.75) is 12.2 Å². The summed E-state index contributed by atoms with van der Waals surface area (Å²) in [4.78, 5) is 30.5. The third-order valence-electron chi connectivity index (χ3n) is 5.57. The molecule has 4 heterocycles.